The largest absolute Gasteiger partial charge is 0.388 e. The molecule has 1 unspecified atom stereocenters. The quantitative estimate of drug-likeness (QED) is 0.880. The first-order valence-electron chi connectivity index (χ1n) is 7.22. The van der Waals surface area contributed by atoms with E-state index in [1.54, 1.807) is 6.07 Å². The van der Waals surface area contributed by atoms with Gasteiger partial charge in [0.15, 0.2) is 0 Å². The first kappa shape index (κ1) is 15.6. The molecule has 2 aromatic rings. The van der Waals surface area contributed by atoms with Gasteiger partial charge in [0.25, 0.3) is 0 Å². The molecule has 0 amide bonds. The highest BCUT2D eigenvalue weighted by Crippen LogP contribution is 2.22. The van der Waals surface area contributed by atoms with Crippen LogP contribution in [0.2, 0.25) is 0 Å². The van der Waals surface area contributed by atoms with Crippen molar-refractivity contribution in [3.05, 3.63) is 53.4 Å². The molecule has 1 heterocycles. The molecule has 1 aromatic heterocycles. The molecule has 0 aliphatic carbocycles. The van der Waals surface area contributed by atoms with Crippen LogP contribution in [0.3, 0.4) is 0 Å². The zero-order chi connectivity index (χ0) is 15.4. The third kappa shape index (κ3) is 3.67. The van der Waals surface area contributed by atoms with Crippen molar-refractivity contribution in [3.8, 4) is 0 Å². The Kier molecular flexibility index (Phi) is 5.07. The van der Waals surface area contributed by atoms with Gasteiger partial charge in [-0.3, -0.25) is 4.68 Å². The van der Waals surface area contributed by atoms with E-state index >= 15 is 0 Å². The molecule has 0 aliphatic rings. The van der Waals surface area contributed by atoms with Crippen LogP contribution in [0, 0.1) is 11.6 Å². The lowest BCUT2D eigenvalue weighted by atomic mass is 10.0. The van der Waals surface area contributed by atoms with Gasteiger partial charge in [-0.1, -0.05) is 13.8 Å². The zero-order valence-electron chi connectivity index (χ0n) is 12.3. The van der Waals surface area contributed by atoms with Crippen LogP contribution in [0.15, 0.2) is 30.5 Å². The van der Waals surface area contributed by atoms with Crippen LogP contribution >= 0.6 is 0 Å². The van der Waals surface area contributed by atoms with Gasteiger partial charge in [-0.25, -0.2) is 8.78 Å². The van der Waals surface area contributed by atoms with E-state index in [0.29, 0.717) is 11.7 Å². The summed E-state index contributed by atoms with van der Waals surface area (Å²) in [6, 6.07) is 5.21. The molecule has 0 radical (unpaired) electrons. The molecule has 0 saturated carbocycles. The van der Waals surface area contributed by atoms with Crippen LogP contribution in [0.4, 0.5) is 8.78 Å². The Labute approximate surface area is 123 Å². The molecule has 1 aromatic carbocycles. The van der Waals surface area contributed by atoms with Crippen LogP contribution in [-0.2, 0) is 6.42 Å². The van der Waals surface area contributed by atoms with Gasteiger partial charge in [-0.2, -0.15) is 5.10 Å². The maximum atomic E-state index is 13.6. The fourth-order valence-electron chi connectivity index (χ4n) is 2.43. The molecule has 0 saturated heterocycles. The summed E-state index contributed by atoms with van der Waals surface area (Å²) in [6.07, 6.45) is 2.86. The normalized spacial score (nSPS) is 12.9. The SMILES string of the molecule is CCC(CC)n1ccc(CC(O)c2cc(F)ccc2F)n1. The smallest absolute Gasteiger partial charge is 0.129 e. The molecular weight excluding hydrogens is 274 g/mol. The summed E-state index contributed by atoms with van der Waals surface area (Å²) in [6.45, 7) is 4.18. The Hall–Kier alpha value is -1.75. The van der Waals surface area contributed by atoms with E-state index in [1.165, 1.54) is 0 Å². The van der Waals surface area contributed by atoms with Gasteiger partial charge in [0.2, 0.25) is 0 Å². The van der Waals surface area contributed by atoms with Crippen molar-refractivity contribution in [1.82, 2.24) is 9.78 Å². The van der Waals surface area contributed by atoms with E-state index in [4.69, 9.17) is 0 Å². The molecule has 3 nitrogen and oxygen atoms in total. The second kappa shape index (κ2) is 6.80. The van der Waals surface area contributed by atoms with Crippen LogP contribution in [-0.4, -0.2) is 14.9 Å². The number of aliphatic hydroxyl groups excluding tert-OH is 1. The minimum Gasteiger partial charge on any atom is -0.388 e. The lowest BCUT2D eigenvalue weighted by Gasteiger charge is -2.13. The Morgan fingerprint density at radius 2 is 1.90 bits per heavy atom. The highest BCUT2D eigenvalue weighted by Gasteiger charge is 2.16. The molecule has 0 aliphatic heterocycles. The lowest BCUT2D eigenvalue weighted by molar-refractivity contribution is 0.171. The second-order valence-electron chi connectivity index (χ2n) is 5.14. The zero-order valence-corrected chi connectivity index (χ0v) is 12.3. The van der Waals surface area contributed by atoms with E-state index in [1.807, 2.05) is 10.9 Å². The number of hydrogen-bond donors (Lipinski definition) is 1. The molecule has 0 fully saturated rings. The van der Waals surface area contributed by atoms with Gasteiger partial charge in [0.1, 0.15) is 11.6 Å². The number of hydrogen-bond acceptors (Lipinski definition) is 2. The summed E-state index contributed by atoms with van der Waals surface area (Å²) >= 11 is 0. The summed E-state index contributed by atoms with van der Waals surface area (Å²) in [4.78, 5) is 0. The first-order valence-corrected chi connectivity index (χ1v) is 7.22. The third-order valence-corrected chi connectivity index (χ3v) is 3.70. The Balaban J connectivity index is 2.12. The van der Waals surface area contributed by atoms with Crippen LogP contribution < -0.4 is 0 Å². The van der Waals surface area contributed by atoms with E-state index < -0.39 is 17.7 Å². The van der Waals surface area contributed by atoms with Gasteiger partial charge in [0.05, 0.1) is 17.8 Å². The maximum absolute atomic E-state index is 13.6. The summed E-state index contributed by atoms with van der Waals surface area (Å²) in [5.41, 5.74) is 0.630. The second-order valence-corrected chi connectivity index (χ2v) is 5.14. The molecule has 0 bridgehead atoms. The Bertz CT molecular complexity index is 594. The molecular formula is C16H20F2N2O. The predicted molar refractivity (Wildman–Crippen MR) is 76.9 cm³/mol. The van der Waals surface area contributed by atoms with Crippen molar-refractivity contribution >= 4 is 0 Å². The first-order chi connectivity index (χ1) is 10.0. The van der Waals surface area contributed by atoms with Crippen molar-refractivity contribution in [2.75, 3.05) is 0 Å². The number of nitrogens with zero attached hydrogens (tertiary/aromatic N) is 2. The van der Waals surface area contributed by atoms with Gasteiger partial charge in [-0.15, -0.1) is 0 Å². The van der Waals surface area contributed by atoms with Gasteiger partial charge in [-0.05, 0) is 37.1 Å². The van der Waals surface area contributed by atoms with Crippen molar-refractivity contribution in [2.45, 2.75) is 45.3 Å². The molecule has 1 atom stereocenters. The van der Waals surface area contributed by atoms with Crippen LogP contribution in [0.5, 0.6) is 0 Å². The standard InChI is InChI=1S/C16H20F2N2O/c1-3-13(4-2)20-8-7-12(19-20)10-16(21)14-9-11(17)5-6-15(14)18/h5-9,13,16,21H,3-4,10H2,1-2H3. The summed E-state index contributed by atoms with van der Waals surface area (Å²) in [7, 11) is 0. The lowest BCUT2D eigenvalue weighted by Crippen LogP contribution is -2.09. The Morgan fingerprint density at radius 1 is 1.19 bits per heavy atom. The van der Waals surface area contributed by atoms with E-state index in [-0.39, 0.29) is 12.0 Å². The van der Waals surface area contributed by atoms with Crippen molar-refractivity contribution in [1.29, 1.82) is 0 Å². The average Bonchev–Trinajstić information content (AvgIpc) is 2.91. The predicted octanol–water partition coefficient (Wildman–Crippen LogP) is 3.80. The summed E-state index contributed by atoms with van der Waals surface area (Å²) in [5, 5.41) is 14.5. The molecule has 1 N–H and O–H groups in total. The Morgan fingerprint density at radius 3 is 2.57 bits per heavy atom. The van der Waals surface area contributed by atoms with E-state index in [9.17, 15) is 13.9 Å². The van der Waals surface area contributed by atoms with E-state index in [0.717, 1.165) is 31.0 Å². The number of halogens is 2. The minimum atomic E-state index is -1.11. The van der Waals surface area contributed by atoms with Crippen LogP contribution in [0.25, 0.3) is 0 Å². The maximum Gasteiger partial charge on any atom is 0.129 e. The molecule has 21 heavy (non-hydrogen) atoms. The number of aliphatic hydroxyl groups is 1. The highest BCUT2D eigenvalue weighted by molar-refractivity contribution is 5.22. The average molecular weight is 294 g/mol. The van der Waals surface area contributed by atoms with Crippen molar-refractivity contribution < 1.29 is 13.9 Å². The summed E-state index contributed by atoms with van der Waals surface area (Å²) in [5.74, 6) is -1.17. The monoisotopic (exact) mass is 294 g/mol. The fraction of sp³-hybridized carbons (Fsp3) is 0.438. The molecule has 114 valence electrons. The minimum absolute atomic E-state index is 0.0351. The van der Waals surface area contributed by atoms with E-state index in [2.05, 4.69) is 18.9 Å². The molecule has 5 heteroatoms. The third-order valence-electron chi connectivity index (χ3n) is 3.70. The number of aromatic nitrogens is 2. The fourth-order valence-corrected chi connectivity index (χ4v) is 2.43. The molecule has 0 spiro atoms. The van der Waals surface area contributed by atoms with Gasteiger partial charge < -0.3 is 5.11 Å². The molecule has 2 rings (SSSR count). The van der Waals surface area contributed by atoms with Gasteiger partial charge >= 0.3 is 0 Å². The highest BCUT2D eigenvalue weighted by atomic mass is 19.1. The van der Waals surface area contributed by atoms with Gasteiger partial charge in [0, 0.05) is 18.2 Å². The van der Waals surface area contributed by atoms with Crippen LogP contribution in [0.1, 0.15) is 50.1 Å². The number of benzene rings is 1. The topological polar surface area (TPSA) is 38.0 Å². The van der Waals surface area contributed by atoms with Crippen molar-refractivity contribution in [2.24, 2.45) is 0 Å². The number of rotatable bonds is 6. The van der Waals surface area contributed by atoms with Crippen molar-refractivity contribution in [3.63, 3.8) is 0 Å². The summed E-state index contributed by atoms with van der Waals surface area (Å²) < 4.78 is 28.6.